The summed E-state index contributed by atoms with van der Waals surface area (Å²) in [6, 6.07) is 1.77. The Balaban J connectivity index is 2.67. The van der Waals surface area contributed by atoms with Crippen LogP contribution in [0.2, 0.25) is 4.34 Å². The highest BCUT2D eigenvalue weighted by atomic mass is 35.5. The monoisotopic (exact) mass is 191 g/mol. The molecule has 0 amide bonds. The Labute approximate surface area is 74.6 Å². The van der Waals surface area contributed by atoms with Crippen LogP contribution in [0.25, 0.3) is 0 Å². The van der Waals surface area contributed by atoms with Crippen LogP contribution in [0, 0.1) is 0 Å². The second kappa shape index (κ2) is 4.07. The normalized spacial score (nSPS) is 13.4. The molecule has 1 aromatic rings. The highest BCUT2D eigenvalue weighted by molar-refractivity contribution is 7.14. The van der Waals surface area contributed by atoms with Crippen molar-refractivity contribution in [3.63, 3.8) is 0 Å². The van der Waals surface area contributed by atoms with Crippen molar-refractivity contribution in [2.24, 2.45) is 5.73 Å². The van der Waals surface area contributed by atoms with Gasteiger partial charge in [-0.25, -0.2) is 0 Å². The van der Waals surface area contributed by atoms with E-state index in [0.717, 1.165) is 9.90 Å². The molecule has 1 heterocycles. The average molecular weight is 192 g/mol. The number of aliphatic hydroxyl groups is 1. The molecule has 0 aromatic carbocycles. The number of halogens is 1. The number of thiophene rings is 1. The molecule has 0 bridgehead atoms. The Morgan fingerprint density at radius 1 is 1.73 bits per heavy atom. The molecule has 0 aliphatic carbocycles. The van der Waals surface area contributed by atoms with Gasteiger partial charge in [-0.2, -0.15) is 0 Å². The van der Waals surface area contributed by atoms with Gasteiger partial charge >= 0.3 is 0 Å². The van der Waals surface area contributed by atoms with E-state index in [0.29, 0.717) is 6.42 Å². The van der Waals surface area contributed by atoms with E-state index in [2.05, 4.69) is 0 Å². The van der Waals surface area contributed by atoms with Gasteiger partial charge in [0.25, 0.3) is 0 Å². The molecule has 11 heavy (non-hydrogen) atoms. The van der Waals surface area contributed by atoms with E-state index in [9.17, 15) is 0 Å². The fraction of sp³-hybridized carbons (Fsp3) is 0.429. The third-order valence-corrected chi connectivity index (χ3v) is 2.69. The van der Waals surface area contributed by atoms with Gasteiger partial charge in [0.15, 0.2) is 0 Å². The zero-order valence-electron chi connectivity index (χ0n) is 5.96. The third kappa shape index (κ3) is 2.17. The van der Waals surface area contributed by atoms with Crippen molar-refractivity contribution < 1.29 is 5.11 Å². The molecule has 4 heteroatoms. The van der Waals surface area contributed by atoms with Gasteiger partial charge in [-0.15, -0.1) is 11.3 Å². The lowest BCUT2D eigenvalue weighted by molar-refractivity contribution is 0.276. The summed E-state index contributed by atoms with van der Waals surface area (Å²) >= 11 is 7.29. The van der Waals surface area contributed by atoms with Gasteiger partial charge in [0.1, 0.15) is 0 Å². The lowest BCUT2D eigenvalue weighted by Gasteiger charge is -2.07. The second-order valence-corrected chi connectivity index (χ2v) is 3.79. The van der Waals surface area contributed by atoms with Gasteiger partial charge in [0.2, 0.25) is 0 Å². The van der Waals surface area contributed by atoms with E-state index in [1.54, 1.807) is 0 Å². The van der Waals surface area contributed by atoms with Crippen molar-refractivity contribution in [2.75, 3.05) is 6.61 Å². The first kappa shape index (κ1) is 9.00. The van der Waals surface area contributed by atoms with Crippen LogP contribution in [-0.4, -0.2) is 11.7 Å². The van der Waals surface area contributed by atoms with Gasteiger partial charge < -0.3 is 10.8 Å². The summed E-state index contributed by atoms with van der Waals surface area (Å²) in [5, 5.41) is 10.5. The maximum Gasteiger partial charge on any atom is 0.0976 e. The molecule has 0 aliphatic heterocycles. The van der Waals surface area contributed by atoms with Gasteiger partial charge in [-0.05, 0) is 23.4 Å². The standard InChI is InChI=1S/C7H10ClNOS/c8-7-5(2-4-11-7)6(9)1-3-10/h2,4,6,10H,1,3,9H2. The SMILES string of the molecule is NC(CCO)c1ccsc1Cl. The van der Waals surface area contributed by atoms with Crippen LogP contribution >= 0.6 is 22.9 Å². The van der Waals surface area contributed by atoms with Crippen LogP contribution in [0.1, 0.15) is 18.0 Å². The van der Waals surface area contributed by atoms with Crippen molar-refractivity contribution in [3.8, 4) is 0 Å². The minimum atomic E-state index is -0.126. The van der Waals surface area contributed by atoms with Crippen LogP contribution in [0.5, 0.6) is 0 Å². The Kier molecular flexibility index (Phi) is 3.33. The predicted octanol–water partition coefficient (Wildman–Crippen LogP) is 1.78. The largest absolute Gasteiger partial charge is 0.396 e. The molecule has 0 aliphatic rings. The van der Waals surface area contributed by atoms with Crippen molar-refractivity contribution >= 4 is 22.9 Å². The Bertz CT molecular complexity index is 226. The fourth-order valence-electron chi connectivity index (χ4n) is 0.865. The third-order valence-electron chi connectivity index (χ3n) is 1.49. The smallest absolute Gasteiger partial charge is 0.0976 e. The van der Waals surface area contributed by atoms with Crippen LogP contribution in [0.3, 0.4) is 0 Å². The number of hydrogen-bond donors (Lipinski definition) is 2. The van der Waals surface area contributed by atoms with E-state index < -0.39 is 0 Å². The van der Waals surface area contributed by atoms with E-state index >= 15 is 0 Å². The summed E-state index contributed by atoms with van der Waals surface area (Å²) < 4.78 is 0.728. The molecule has 2 nitrogen and oxygen atoms in total. The number of rotatable bonds is 3. The van der Waals surface area contributed by atoms with Crippen molar-refractivity contribution in [1.82, 2.24) is 0 Å². The number of nitrogens with two attached hydrogens (primary N) is 1. The average Bonchev–Trinajstić information content (AvgIpc) is 2.36. The first-order chi connectivity index (χ1) is 5.25. The highest BCUT2D eigenvalue weighted by Crippen LogP contribution is 2.28. The van der Waals surface area contributed by atoms with Crippen LogP contribution in [0.15, 0.2) is 11.4 Å². The molecule has 1 aromatic heterocycles. The lowest BCUT2D eigenvalue weighted by atomic mass is 10.1. The molecule has 0 saturated carbocycles. The number of hydrogen-bond acceptors (Lipinski definition) is 3. The topological polar surface area (TPSA) is 46.2 Å². The Morgan fingerprint density at radius 3 is 2.91 bits per heavy atom. The fourth-order valence-corrected chi connectivity index (χ4v) is 1.91. The van der Waals surface area contributed by atoms with Crippen molar-refractivity contribution in [3.05, 3.63) is 21.3 Å². The predicted molar refractivity (Wildman–Crippen MR) is 48.0 cm³/mol. The molecule has 1 atom stereocenters. The van der Waals surface area contributed by atoms with Gasteiger partial charge in [-0.3, -0.25) is 0 Å². The van der Waals surface area contributed by atoms with Crippen molar-refractivity contribution in [1.29, 1.82) is 0 Å². The maximum atomic E-state index is 8.61. The van der Waals surface area contributed by atoms with Crippen LogP contribution < -0.4 is 5.73 Å². The van der Waals surface area contributed by atoms with E-state index in [1.165, 1.54) is 11.3 Å². The second-order valence-electron chi connectivity index (χ2n) is 2.27. The summed E-state index contributed by atoms with van der Waals surface area (Å²) in [5.41, 5.74) is 6.65. The molecule has 0 spiro atoms. The maximum absolute atomic E-state index is 8.61. The Morgan fingerprint density at radius 2 is 2.45 bits per heavy atom. The zero-order chi connectivity index (χ0) is 8.27. The van der Waals surface area contributed by atoms with E-state index in [1.807, 2.05) is 11.4 Å². The van der Waals surface area contributed by atoms with Crippen LogP contribution in [0.4, 0.5) is 0 Å². The summed E-state index contributed by atoms with van der Waals surface area (Å²) in [6.07, 6.45) is 0.566. The molecule has 1 unspecified atom stereocenters. The van der Waals surface area contributed by atoms with Crippen molar-refractivity contribution in [2.45, 2.75) is 12.5 Å². The zero-order valence-corrected chi connectivity index (χ0v) is 7.53. The van der Waals surface area contributed by atoms with E-state index in [4.69, 9.17) is 22.4 Å². The number of aliphatic hydroxyl groups excluding tert-OH is 1. The van der Waals surface area contributed by atoms with Gasteiger partial charge in [0, 0.05) is 12.6 Å². The molecular weight excluding hydrogens is 182 g/mol. The molecule has 0 saturated heterocycles. The minimum Gasteiger partial charge on any atom is -0.396 e. The highest BCUT2D eigenvalue weighted by Gasteiger charge is 2.09. The summed E-state index contributed by atoms with van der Waals surface area (Å²) in [7, 11) is 0. The molecule has 1 rings (SSSR count). The molecule has 0 fully saturated rings. The Hall–Kier alpha value is -0.0900. The first-order valence-electron chi connectivity index (χ1n) is 3.35. The first-order valence-corrected chi connectivity index (χ1v) is 4.60. The summed E-state index contributed by atoms with van der Waals surface area (Å²) in [4.78, 5) is 0. The summed E-state index contributed by atoms with van der Waals surface area (Å²) in [6.45, 7) is 0.105. The minimum absolute atomic E-state index is 0.105. The van der Waals surface area contributed by atoms with Crippen LogP contribution in [-0.2, 0) is 0 Å². The molecule has 3 N–H and O–H groups in total. The molecule has 62 valence electrons. The van der Waals surface area contributed by atoms with E-state index in [-0.39, 0.29) is 12.6 Å². The summed E-state index contributed by atoms with van der Waals surface area (Å²) in [5.74, 6) is 0. The molecular formula is C7H10ClNOS. The van der Waals surface area contributed by atoms with Gasteiger partial charge in [-0.1, -0.05) is 11.6 Å². The van der Waals surface area contributed by atoms with Gasteiger partial charge in [0.05, 0.1) is 4.34 Å². The molecule has 0 radical (unpaired) electrons. The lowest BCUT2D eigenvalue weighted by Crippen LogP contribution is -2.11. The quantitative estimate of drug-likeness (QED) is 0.765.